The average Bonchev–Trinajstić information content (AvgIpc) is 3.16. The molecular weight excluding hydrogens is 330 g/mol. The lowest BCUT2D eigenvalue weighted by molar-refractivity contribution is -0.385. The first kappa shape index (κ1) is 17.9. The van der Waals surface area contributed by atoms with Gasteiger partial charge in [-0.25, -0.2) is 0 Å². The van der Waals surface area contributed by atoms with Crippen molar-refractivity contribution in [1.82, 2.24) is 4.90 Å². The summed E-state index contributed by atoms with van der Waals surface area (Å²) in [7, 11) is 1.74. The summed E-state index contributed by atoms with van der Waals surface area (Å²) in [5, 5.41) is 11.1. The second-order valence-electron chi connectivity index (χ2n) is 6.69. The summed E-state index contributed by atoms with van der Waals surface area (Å²) in [5.74, 6) is -0.206. The largest absolute Gasteiger partial charge is 0.371 e. The van der Waals surface area contributed by atoms with E-state index in [9.17, 15) is 14.9 Å². The molecule has 2 aromatic rings. The molecule has 0 aliphatic carbocycles. The lowest BCUT2D eigenvalue weighted by atomic mass is 10.1. The summed E-state index contributed by atoms with van der Waals surface area (Å²) in [5.41, 5.74) is 3.01. The first-order valence-electron chi connectivity index (χ1n) is 8.81. The van der Waals surface area contributed by atoms with Crippen LogP contribution in [-0.4, -0.2) is 35.9 Å². The van der Waals surface area contributed by atoms with Crippen LogP contribution in [0.15, 0.2) is 42.5 Å². The van der Waals surface area contributed by atoms with Gasteiger partial charge in [-0.15, -0.1) is 0 Å². The predicted octanol–water partition coefficient (Wildman–Crippen LogP) is 3.78. The zero-order chi connectivity index (χ0) is 18.7. The van der Waals surface area contributed by atoms with Crippen LogP contribution in [0.3, 0.4) is 0 Å². The zero-order valence-corrected chi connectivity index (χ0v) is 15.1. The predicted molar refractivity (Wildman–Crippen MR) is 102 cm³/mol. The summed E-state index contributed by atoms with van der Waals surface area (Å²) in [6.45, 7) is 4.17. The third-order valence-corrected chi connectivity index (χ3v) is 4.92. The van der Waals surface area contributed by atoms with E-state index < -0.39 is 4.92 Å². The molecule has 0 saturated carbocycles. The summed E-state index contributed by atoms with van der Waals surface area (Å²) in [4.78, 5) is 27.5. The molecule has 1 amide bonds. The molecular formula is C20H23N3O3. The average molecular weight is 353 g/mol. The normalized spacial score (nSPS) is 13.7. The minimum atomic E-state index is -0.450. The summed E-state index contributed by atoms with van der Waals surface area (Å²) >= 11 is 0. The number of amides is 1. The van der Waals surface area contributed by atoms with E-state index in [-0.39, 0.29) is 11.6 Å². The Morgan fingerprint density at radius 1 is 1.15 bits per heavy atom. The molecule has 26 heavy (non-hydrogen) atoms. The molecule has 1 saturated heterocycles. The molecule has 1 aliphatic heterocycles. The Hall–Kier alpha value is -2.89. The maximum absolute atomic E-state index is 12.9. The van der Waals surface area contributed by atoms with Gasteiger partial charge >= 0.3 is 0 Å². The number of para-hydroxylation sites is 1. The van der Waals surface area contributed by atoms with E-state index in [1.807, 2.05) is 18.2 Å². The minimum absolute atomic E-state index is 0.0262. The van der Waals surface area contributed by atoms with Crippen LogP contribution in [0, 0.1) is 17.0 Å². The molecule has 0 atom stereocenters. The van der Waals surface area contributed by atoms with Crippen LogP contribution in [-0.2, 0) is 6.54 Å². The molecule has 0 unspecified atom stereocenters. The molecule has 0 N–H and O–H groups in total. The molecule has 3 rings (SSSR count). The van der Waals surface area contributed by atoms with Crippen LogP contribution in [0.5, 0.6) is 0 Å². The fourth-order valence-corrected chi connectivity index (χ4v) is 3.50. The van der Waals surface area contributed by atoms with Gasteiger partial charge in [0.15, 0.2) is 0 Å². The van der Waals surface area contributed by atoms with Crippen LogP contribution in [0.1, 0.15) is 34.3 Å². The van der Waals surface area contributed by atoms with Crippen molar-refractivity contribution in [2.75, 3.05) is 25.0 Å². The van der Waals surface area contributed by atoms with E-state index >= 15 is 0 Å². The monoisotopic (exact) mass is 353 g/mol. The highest BCUT2D eigenvalue weighted by Crippen LogP contribution is 2.27. The number of carbonyl (C=O) groups excluding carboxylic acids is 1. The van der Waals surface area contributed by atoms with Gasteiger partial charge in [0.1, 0.15) is 0 Å². The van der Waals surface area contributed by atoms with Crippen LogP contribution >= 0.6 is 0 Å². The summed E-state index contributed by atoms with van der Waals surface area (Å²) < 4.78 is 0. The smallest absolute Gasteiger partial charge is 0.273 e. The molecule has 0 bridgehead atoms. The summed E-state index contributed by atoms with van der Waals surface area (Å²) in [6, 6.07) is 12.8. The van der Waals surface area contributed by atoms with E-state index in [0.717, 1.165) is 18.7 Å². The van der Waals surface area contributed by atoms with Crippen molar-refractivity contribution in [1.29, 1.82) is 0 Å². The number of carbonyl (C=O) groups is 1. The fraction of sp³-hybridized carbons (Fsp3) is 0.350. The number of nitro benzene ring substituents is 1. The fourth-order valence-electron chi connectivity index (χ4n) is 3.50. The van der Waals surface area contributed by atoms with Gasteiger partial charge in [-0.1, -0.05) is 24.3 Å². The number of hydrogen-bond acceptors (Lipinski definition) is 4. The number of hydrogen-bond donors (Lipinski definition) is 0. The molecule has 1 heterocycles. The molecule has 1 fully saturated rings. The van der Waals surface area contributed by atoms with Gasteiger partial charge in [0.05, 0.1) is 4.92 Å². The molecule has 0 spiro atoms. The Morgan fingerprint density at radius 2 is 1.85 bits per heavy atom. The van der Waals surface area contributed by atoms with Crippen molar-refractivity contribution in [3.63, 3.8) is 0 Å². The highest BCUT2D eigenvalue weighted by atomic mass is 16.6. The van der Waals surface area contributed by atoms with Crippen molar-refractivity contribution in [3.05, 3.63) is 69.3 Å². The first-order chi connectivity index (χ1) is 12.5. The van der Waals surface area contributed by atoms with Crippen molar-refractivity contribution in [2.45, 2.75) is 26.3 Å². The van der Waals surface area contributed by atoms with Crippen molar-refractivity contribution in [2.24, 2.45) is 0 Å². The number of nitro groups is 1. The number of rotatable bonds is 5. The van der Waals surface area contributed by atoms with E-state index in [1.54, 1.807) is 31.0 Å². The van der Waals surface area contributed by atoms with Crippen LogP contribution in [0.2, 0.25) is 0 Å². The van der Waals surface area contributed by atoms with Crippen molar-refractivity contribution in [3.8, 4) is 0 Å². The Labute approximate surface area is 153 Å². The minimum Gasteiger partial charge on any atom is -0.371 e. The number of nitrogens with zero attached hydrogens (tertiary/aromatic N) is 3. The Bertz CT molecular complexity index is 829. The molecule has 2 aromatic carbocycles. The lowest BCUT2D eigenvalue weighted by Crippen LogP contribution is -2.28. The van der Waals surface area contributed by atoms with Gasteiger partial charge in [-0.2, -0.15) is 0 Å². The SMILES string of the molecule is Cc1c(C(=O)N(C)Cc2ccccc2N2CCCC2)cccc1[N+](=O)[O-]. The van der Waals surface area contributed by atoms with E-state index in [2.05, 4.69) is 11.0 Å². The standard InChI is InChI=1S/C20H23N3O3/c1-15-17(9-7-11-18(15)23(25)26)20(24)21(2)14-16-8-3-4-10-19(16)22-12-5-6-13-22/h3-4,7-11H,5-6,12-14H2,1-2H3. The van der Waals surface area contributed by atoms with Crippen molar-refractivity contribution >= 4 is 17.3 Å². The molecule has 1 aliphatic rings. The van der Waals surface area contributed by atoms with Crippen LogP contribution in [0.25, 0.3) is 0 Å². The lowest BCUT2D eigenvalue weighted by Gasteiger charge is -2.25. The zero-order valence-electron chi connectivity index (χ0n) is 15.1. The third-order valence-electron chi connectivity index (χ3n) is 4.92. The van der Waals surface area contributed by atoms with E-state index in [1.165, 1.54) is 24.6 Å². The molecule has 0 radical (unpaired) electrons. The Kier molecular flexibility index (Phi) is 5.21. The Morgan fingerprint density at radius 3 is 2.54 bits per heavy atom. The van der Waals surface area contributed by atoms with Gasteiger partial charge in [0.25, 0.3) is 11.6 Å². The molecule has 6 nitrogen and oxygen atoms in total. The highest BCUT2D eigenvalue weighted by molar-refractivity contribution is 5.96. The summed E-state index contributed by atoms with van der Waals surface area (Å²) in [6.07, 6.45) is 2.38. The number of anilines is 1. The number of benzene rings is 2. The van der Waals surface area contributed by atoms with Crippen LogP contribution < -0.4 is 4.90 Å². The van der Waals surface area contributed by atoms with Crippen molar-refractivity contribution < 1.29 is 9.72 Å². The second kappa shape index (κ2) is 7.56. The van der Waals surface area contributed by atoms with Crippen LogP contribution in [0.4, 0.5) is 11.4 Å². The van der Waals surface area contributed by atoms with Gasteiger partial charge in [-0.3, -0.25) is 14.9 Å². The van der Waals surface area contributed by atoms with Gasteiger partial charge in [-0.05, 0) is 37.5 Å². The maximum Gasteiger partial charge on any atom is 0.273 e. The van der Waals surface area contributed by atoms with Gasteiger partial charge in [0, 0.05) is 49.6 Å². The molecule has 6 heteroatoms. The molecule has 0 aromatic heterocycles. The highest BCUT2D eigenvalue weighted by Gasteiger charge is 2.22. The molecule has 136 valence electrons. The van der Waals surface area contributed by atoms with Gasteiger partial charge < -0.3 is 9.80 Å². The second-order valence-corrected chi connectivity index (χ2v) is 6.69. The quantitative estimate of drug-likeness (QED) is 0.606. The van der Waals surface area contributed by atoms with E-state index in [4.69, 9.17) is 0 Å². The Balaban J connectivity index is 1.83. The maximum atomic E-state index is 12.9. The van der Waals surface area contributed by atoms with Gasteiger partial charge in [0.2, 0.25) is 0 Å². The first-order valence-corrected chi connectivity index (χ1v) is 8.81. The topological polar surface area (TPSA) is 66.7 Å². The van der Waals surface area contributed by atoms with E-state index in [0.29, 0.717) is 17.7 Å². The third kappa shape index (κ3) is 3.54.